The molecular formula is C17H18ClN3O5S. The van der Waals surface area contributed by atoms with Gasteiger partial charge in [0.15, 0.2) is 0 Å². The first-order chi connectivity index (χ1) is 12.7. The Morgan fingerprint density at radius 1 is 0.926 bits per heavy atom. The zero-order valence-electron chi connectivity index (χ0n) is 15.1. The summed E-state index contributed by atoms with van der Waals surface area (Å²) in [4.78, 5) is 11.9. The SMILES string of the molecule is COc1cc(NS(=O)(=O)c2cc3c(cc2Cl)n(C)c(=O)n3C)cc(OC)c1. The second kappa shape index (κ2) is 6.82. The number of methoxy groups -OCH3 is 2. The van der Waals surface area contributed by atoms with Crippen LogP contribution in [0.15, 0.2) is 40.0 Å². The van der Waals surface area contributed by atoms with Gasteiger partial charge in [-0.2, -0.15) is 0 Å². The number of anilines is 1. The number of benzene rings is 2. The number of hydrogen-bond acceptors (Lipinski definition) is 5. The summed E-state index contributed by atoms with van der Waals surface area (Å²) in [5.41, 5.74) is 0.968. The fourth-order valence-corrected chi connectivity index (χ4v) is 4.37. The van der Waals surface area contributed by atoms with Gasteiger partial charge in [-0.15, -0.1) is 0 Å². The molecular weight excluding hydrogens is 394 g/mol. The molecule has 0 fully saturated rings. The van der Waals surface area contributed by atoms with Crippen molar-refractivity contribution in [2.75, 3.05) is 18.9 Å². The maximum atomic E-state index is 12.9. The van der Waals surface area contributed by atoms with E-state index in [9.17, 15) is 13.2 Å². The summed E-state index contributed by atoms with van der Waals surface area (Å²) in [5.74, 6) is 0.859. The van der Waals surface area contributed by atoms with E-state index in [2.05, 4.69) is 4.72 Å². The smallest absolute Gasteiger partial charge is 0.328 e. The van der Waals surface area contributed by atoms with E-state index in [1.54, 1.807) is 20.2 Å². The van der Waals surface area contributed by atoms with Crippen LogP contribution in [0.25, 0.3) is 11.0 Å². The van der Waals surface area contributed by atoms with Crippen LogP contribution < -0.4 is 19.9 Å². The van der Waals surface area contributed by atoms with Crippen molar-refractivity contribution in [1.29, 1.82) is 0 Å². The number of sulfonamides is 1. The zero-order valence-corrected chi connectivity index (χ0v) is 16.7. The zero-order chi connectivity index (χ0) is 19.9. The van der Waals surface area contributed by atoms with E-state index in [-0.39, 0.29) is 21.3 Å². The molecule has 1 heterocycles. The topological polar surface area (TPSA) is 91.6 Å². The minimum atomic E-state index is -4.02. The Morgan fingerprint density at radius 3 is 1.96 bits per heavy atom. The van der Waals surface area contributed by atoms with Crippen molar-refractivity contribution in [2.45, 2.75) is 4.90 Å². The summed E-state index contributed by atoms with van der Waals surface area (Å²) in [6.45, 7) is 0. The highest BCUT2D eigenvalue weighted by Gasteiger charge is 2.22. The minimum Gasteiger partial charge on any atom is -0.497 e. The van der Waals surface area contributed by atoms with Gasteiger partial charge in [0.05, 0.1) is 36.0 Å². The minimum absolute atomic E-state index is 0.00561. The van der Waals surface area contributed by atoms with Crippen LogP contribution in [0, 0.1) is 0 Å². The summed E-state index contributed by atoms with van der Waals surface area (Å²) in [6.07, 6.45) is 0. The van der Waals surface area contributed by atoms with Crippen molar-refractivity contribution in [1.82, 2.24) is 9.13 Å². The molecule has 10 heteroatoms. The standard InChI is InChI=1S/C17H18ClN3O5S/c1-20-14-8-13(18)16(9-15(14)21(2)17(20)22)27(23,24)19-10-5-11(25-3)7-12(6-10)26-4/h5-9,19H,1-4H3. The maximum Gasteiger partial charge on any atom is 0.328 e. The lowest BCUT2D eigenvalue weighted by molar-refractivity contribution is 0.395. The predicted molar refractivity (Wildman–Crippen MR) is 104 cm³/mol. The fraction of sp³-hybridized carbons (Fsp3) is 0.235. The molecule has 0 saturated carbocycles. The molecule has 3 aromatic rings. The van der Waals surface area contributed by atoms with Crippen molar-refractivity contribution in [2.24, 2.45) is 14.1 Å². The number of aromatic nitrogens is 2. The second-order valence-electron chi connectivity index (χ2n) is 5.88. The monoisotopic (exact) mass is 411 g/mol. The molecule has 0 unspecified atom stereocenters. The molecule has 0 amide bonds. The van der Waals surface area contributed by atoms with Crippen molar-refractivity contribution in [3.63, 3.8) is 0 Å². The first-order valence-electron chi connectivity index (χ1n) is 7.79. The molecule has 0 bridgehead atoms. The molecule has 3 rings (SSSR count). The molecule has 8 nitrogen and oxygen atoms in total. The Bertz CT molecular complexity index is 1180. The van der Waals surface area contributed by atoms with E-state index in [1.165, 1.54) is 47.6 Å². The lowest BCUT2D eigenvalue weighted by atomic mass is 10.3. The van der Waals surface area contributed by atoms with Gasteiger partial charge in [-0.05, 0) is 12.1 Å². The van der Waals surface area contributed by atoms with E-state index in [4.69, 9.17) is 21.1 Å². The number of halogens is 1. The third-order valence-electron chi connectivity index (χ3n) is 4.22. The highest BCUT2D eigenvalue weighted by atomic mass is 35.5. The van der Waals surface area contributed by atoms with E-state index >= 15 is 0 Å². The number of rotatable bonds is 5. The number of ether oxygens (including phenoxy) is 2. The molecule has 2 aromatic carbocycles. The number of imidazole rings is 1. The first-order valence-corrected chi connectivity index (χ1v) is 9.65. The predicted octanol–water partition coefficient (Wildman–Crippen LogP) is 2.35. The van der Waals surface area contributed by atoms with Gasteiger partial charge in [0.1, 0.15) is 16.4 Å². The second-order valence-corrected chi connectivity index (χ2v) is 7.94. The van der Waals surface area contributed by atoms with Crippen LogP contribution >= 0.6 is 11.6 Å². The average molecular weight is 412 g/mol. The molecule has 0 aliphatic carbocycles. The summed E-state index contributed by atoms with van der Waals surface area (Å²) < 4.78 is 41.3. The lowest BCUT2D eigenvalue weighted by Gasteiger charge is -2.12. The van der Waals surface area contributed by atoms with Gasteiger partial charge in [0.25, 0.3) is 10.0 Å². The number of hydrogen-bond donors (Lipinski definition) is 1. The lowest BCUT2D eigenvalue weighted by Crippen LogP contribution is -2.19. The van der Waals surface area contributed by atoms with Crippen molar-refractivity contribution >= 4 is 38.3 Å². The summed E-state index contributed by atoms with van der Waals surface area (Å²) in [7, 11) is 2.07. The molecule has 1 aromatic heterocycles. The molecule has 0 radical (unpaired) electrons. The molecule has 0 aliphatic rings. The van der Waals surface area contributed by atoms with E-state index in [0.717, 1.165) is 0 Å². The molecule has 0 spiro atoms. The molecule has 0 aliphatic heterocycles. The van der Waals surface area contributed by atoms with E-state index < -0.39 is 10.0 Å². The van der Waals surface area contributed by atoms with Gasteiger partial charge < -0.3 is 9.47 Å². The average Bonchev–Trinajstić information content (AvgIpc) is 2.84. The highest BCUT2D eigenvalue weighted by molar-refractivity contribution is 7.92. The van der Waals surface area contributed by atoms with Gasteiger partial charge in [-0.1, -0.05) is 11.6 Å². The normalized spacial score (nSPS) is 11.6. The van der Waals surface area contributed by atoms with Crippen LogP contribution in [-0.2, 0) is 24.1 Å². The number of fused-ring (bicyclic) bond motifs is 1. The molecule has 0 saturated heterocycles. The van der Waals surface area contributed by atoms with Gasteiger partial charge in [0.2, 0.25) is 0 Å². The number of aryl methyl sites for hydroxylation is 2. The molecule has 0 atom stereocenters. The Morgan fingerprint density at radius 2 is 1.44 bits per heavy atom. The Hall–Kier alpha value is -2.65. The van der Waals surface area contributed by atoms with Gasteiger partial charge in [-0.3, -0.25) is 13.9 Å². The first kappa shape index (κ1) is 19.1. The van der Waals surface area contributed by atoms with Crippen LogP contribution in [0.5, 0.6) is 11.5 Å². The third kappa shape index (κ3) is 3.35. The number of nitrogens with zero attached hydrogens (tertiary/aromatic N) is 2. The highest BCUT2D eigenvalue weighted by Crippen LogP contribution is 2.31. The van der Waals surface area contributed by atoms with Crippen molar-refractivity contribution in [3.05, 3.63) is 45.8 Å². The van der Waals surface area contributed by atoms with E-state index in [1.807, 2.05) is 0 Å². The third-order valence-corrected chi connectivity index (χ3v) is 6.06. The summed E-state index contributed by atoms with van der Waals surface area (Å²) >= 11 is 6.21. The molecule has 1 N–H and O–H groups in total. The van der Waals surface area contributed by atoms with E-state index in [0.29, 0.717) is 22.5 Å². The Balaban J connectivity index is 2.11. The van der Waals surface area contributed by atoms with Crippen LogP contribution in [0.2, 0.25) is 5.02 Å². The van der Waals surface area contributed by atoms with Crippen LogP contribution in [0.4, 0.5) is 5.69 Å². The largest absolute Gasteiger partial charge is 0.497 e. The van der Waals surface area contributed by atoms with Gasteiger partial charge in [0, 0.05) is 32.3 Å². The van der Waals surface area contributed by atoms with Crippen LogP contribution in [0.3, 0.4) is 0 Å². The molecule has 144 valence electrons. The summed E-state index contributed by atoms with van der Waals surface area (Å²) in [6, 6.07) is 7.49. The number of nitrogens with one attached hydrogen (secondary N) is 1. The molecule has 27 heavy (non-hydrogen) atoms. The van der Waals surface area contributed by atoms with Crippen molar-refractivity contribution in [3.8, 4) is 11.5 Å². The van der Waals surface area contributed by atoms with Crippen LogP contribution in [-0.4, -0.2) is 31.8 Å². The Kier molecular flexibility index (Phi) is 4.83. The fourth-order valence-electron chi connectivity index (χ4n) is 2.78. The Labute approximate surface area is 160 Å². The van der Waals surface area contributed by atoms with Gasteiger partial charge in [-0.25, -0.2) is 13.2 Å². The van der Waals surface area contributed by atoms with Crippen LogP contribution in [0.1, 0.15) is 0 Å². The van der Waals surface area contributed by atoms with Gasteiger partial charge >= 0.3 is 5.69 Å². The van der Waals surface area contributed by atoms with Crippen molar-refractivity contribution < 1.29 is 17.9 Å². The quantitative estimate of drug-likeness (QED) is 0.695. The maximum absolute atomic E-state index is 12.9. The summed E-state index contributed by atoms with van der Waals surface area (Å²) in [5, 5.41) is 0.00561.